The summed E-state index contributed by atoms with van der Waals surface area (Å²) in [6, 6.07) is 0. The highest BCUT2D eigenvalue weighted by Gasteiger charge is 2.18. The van der Waals surface area contributed by atoms with E-state index in [9.17, 15) is 4.79 Å². The Morgan fingerprint density at radius 1 is 1.67 bits per heavy atom. The van der Waals surface area contributed by atoms with Crippen molar-refractivity contribution in [1.29, 1.82) is 0 Å². The standard InChI is InChI=1S/C7H5NO2S2/c9-5-1-2-6(10-5)12-7-8-3-4-11-7/h1-4,6H. The summed E-state index contributed by atoms with van der Waals surface area (Å²) in [6.07, 6.45) is 4.90. The summed E-state index contributed by atoms with van der Waals surface area (Å²) in [5.74, 6) is -0.274. The molecule has 0 amide bonds. The van der Waals surface area contributed by atoms with Crippen LogP contribution in [0.4, 0.5) is 0 Å². The van der Waals surface area contributed by atoms with Crippen molar-refractivity contribution in [1.82, 2.24) is 4.98 Å². The summed E-state index contributed by atoms with van der Waals surface area (Å²) in [5.41, 5.74) is -0.191. The Kier molecular flexibility index (Phi) is 2.14. The Morgan fingerprint density at radius 2 is 2.58 bits per heavy atom. The molecule has 5 heteroatoms. The molecule has 0 spiro atoms. The van der Waals surface area contributed by atoms with Gasteiger partial charge >= 0.3 is 5.97 Å². The average Bonchev–Trinajstić information content (AvgIpc) is 2.63. The first-order valence-electron chi connectivity index (χ1n) is 3.29. The zero-order valence-electron chi connectivity index (χ0n) is 5.97. The van der Waals surface area contributed by atoms with Crippen molar-refractivity contribution in [3.8, 4) is 0 Å². The molecule has 62 valence electrons. The normalized spacial score (nSPS) is 21.3. The third-order valence-electron chi connectivity index (χ3n) is 1.25. The predicted octanol–water partition coefficient (Wildman–Crippen LogP) is 1.67. The third kappa shape index (κ3) is 1.67. The second-order valence-corrected chi connectivity index (χ2v) is 4.32. The second-order valence-electron chi connectivity index (χ2n) is 2.08. The molecule has 1 aromatic rings. The van der Waals surface area contributed by atoms with Gasteiger partial charge in [0.25, 0.3) is 0 Å². The van der Waals surface area contributed by atoms with Crippen LogP contribution in [0.1, 0.15) is 0 Å². The fourth-order valence-corrected chi connectivity index (χ4v) is 2.44. The van der Waals surface area contributed by atoms with Crippen LogP contribution in [-0.2, 0) is 9.53 Å². The maximum atomic E-state index is 10.6. The van der Waals surface area contributed by atoms with E-state index in [-0.39, 0.29) is 11.4 Å². The first-order chi connectivity index (χ1) is 5.84. The molecule has 1 aliphatic heterocycles. The quantitative estimate of drug-likeness (QED) is 0.679. The number of aromatic nitrogens is 1. The van der Waals surface area contributed by atoms with Gasteiger partial charge in [-0.15, -0.1) is 11.3 Å². The molecule has 2 rings (SSSR count). The van der Waals surface area contributed by atoms with Crippen LogP contribution in [0.15, 0.2) is 28.1 Å². The van der Waals surface area contributed by atoms with Gasteiger partial charge in [0, 0.05) is 17.7 Å². The molecule has 0 N–H and O–H groups in total. The number of carbonyl (C=O) groups is 1. The van der Waals surface area contributed by atoms with Crippen molar-refractivity contribution in [2.75, 3.05) is 0 Å². The van der Waals surface area contributed by atoms with E-state index in [4.69, 9.17) is 4.74 Å². The van der Waals surface area contributed by atoms with Crippen molar-refractivity contribution in [3.63, 3.8) is 0 Å². The minimum absolute atomic E-state index is 0.191. The summed E-state index contributed by atoms with van der Waals surface area (Å²) in [4.78, 5) is 14.7. The summed E-state index contributed by atoms with van der Waals surface area (Å²) < 4.78 is 5.83. The van der Waals surface area contributed by atoms with E-state index < -0.39 is 0 Å². The SMILES string of the molecule is O=C1C=CC(Sc2nccs2)O1. The van der Waals surface area contributed by atoms with Crippen LogP contribution in [0.2, 0.25) is 0 Å². The Bertz CT molecular complexity index is 307. The number of esters is 1. The number of ether oxygens (including phenoxy) is 1. The summed E-state index contributed by atoms with van der Waals surface area (Å²) >= 11 is 2.98. The largest absolute Gasteiger partial charge is 0.443 e. The molecule has 1 atom stereocenters. The lowest BCUT2D eigenvalue weighted by Gasteiger charge is -2.03. The number of carbonyl (C=O) groups excluding carboxylic acids is 1. The van der Waals surface area contributed by atoms with E-state index in [1.165, 1.54) is 29.2 Å². The highest BCUT2D eigenvalue weighted by atomic mass is 32.2. The Labute approximate surface area is 77.5 Å². The van der Waals surface area contributed by atoms with Gasteiger partial charge in [0.2, 0.25) is 0 Å². The fraction of sp³-hybridized carbons (Fsp3) is 0.143. The van der Waals surface area contributed by atoms with Crippen molar-refractivity contribution < 1.29 is 9.53 Å². The molecular formula is C7H5NO2S2. The van der Waals surface area contributed by atoms with Gasteiger partial charge in [0.05, 0.1) is 0 Å². The van der Waals surface area contributed by atoms with E-state index in [1.807, 2.05) is 5.38 Å². The van der Waals surface area contributed by atoms with Gasteiger partial charge in [-0.25, -0.2) is 9.78 Å². The number of rotatable bonds is 2. The summed E-state index contributed by atoms with van der Waals surface area (Å²) in [7, 11) is 0. The highest BCUT2D eigenvalue weighted by Crippen LogP contribution is 2.28. The lowest BCUT2D eigenvalue weighted by molar-refractivity contribution is -0.135. The minimum atomic E-state index is -0.274. The summed E-state index contributed by atoms with van der Waals surface area (Å²) in [5, 5.41) is 1.89. The maximum absolute atomic E-state index is 10.6. The molecule has 0 bridgehead atoms. The zero-order chi connectivity index (χ0) is 8.39. The van der Waals surface area contributed by atoms with Crippen LogP contribution in [0.3, 0.4) is 0 Å². The van der Waals surface area contributed by atoms with Gasteiger partial charge in [-0.3, -0.25) is 0 Å². The molecule has 1 unspecified atom stereocenters. The number of hydrogen-bond donors (Lipinski definition) is 0. The zero-order valence-corrected chi connectivity index (χ0v) is 7.60. The van der Waals surface area contributed by atoms with Crippen LogP contribution < -0.4 is 0 Å². The number of cyclic esters (lactones) is 1. The molecular weight excluding hydrogens is 194 g/mol. The number of hydrogen-bond acceptors (Lipinski definition) is 5. The molecule has 0 radical (unpaired) electrons. The number of nitrogens with zero attached hydrogens (tertiary/aromatic N) is 1. The Hall–Kier alpha value is -0.810. The number of thiazole rings is 1. The van der Waals surface area contributed by atoms with Crippen molar-refractivity contribution in [3.05, 3.63) is 23.7 Å². The minimum Gasteiger partial charge on any atom is -0.443 e. The lowest BCUT2D eigenvalue weighted by atomic mass is 10.6. The molecule has 0 saturated carbocycles. The monoisotopic (exact) mass is 199 g/mol. The molecule has 0 fully saturated rings. The van der Waals surface area contributed by atoms with Gasteiger partial charge in [0.1, 0.15) is 0 Å². The first-order valence-corrected chi connectivity index (χ1v) is 5.05. The second kappa shape index (κ2) is 3.28. The van der Waals surface area contributed by atoms with Crippen LogP contribution in [-0.4, -0.2) is 16.4 Å². The molecule has 1 aromatic heterocycles. The van der Waals surface area contributed by atoms with Gasteiger partial charge < -0.3 is 4.74 Å². The van der Waals surface area contributed by atoms with Gasteiger partial charge in [-0.1, -0.05) is 0 Å². The fourth-order valence-electron chi connectivity index (χ4n) is 0.781. The first kappa shape index (κ1) is 7.82. The Balaban J connectivity index is 1.97. The third-order valence-corrected chi connectivity index (χ3v) is 3.18. The molecule has 0 saturated heterocycles. The van der Waals surface area contributed by atoms with Crippen molar-refractivity contribution in [2.45, 2.75) is 9.78 Å². The van der Waals surface area contributed by atoms with E-state index in [0.29, 0.717) is 0 Å². The van der Waals surface area contributed by atoms with Crippen LogP contribution in [0.5, 0.6) is 0 Å². The topological polar surface area (TPSA) is 39.2 Å². The average molecular weight is 199 g/mol. The van der Waals surface area contributed by atoms with E-state index in [2.05, 4.69) is 4.98 Å². The van der Waals surface area contributed by atoms with E-state index in [1.54, 1.807) is 12.3 Å². The smallest absolute Gasteiger partial charge is 0.332 e. The highest BCUT2D eigenvalue weighted by molar-refractivity contribution is 8.01. The molecule has 3 nitrogen and oxygen atoms in total. The van der Waals surface area contributed by atoms with Gasteiger partial charge in [-0.2, -0.15) is 0 Å². The van der Waals surface area contributed by atoms with Gasteiger partial charge in [0.15, 0.2) is 9.78 Å². The predicted molar refractivity (Wildman–Crippen MR) is 47.0 cm³/mol. The van der Waals surface area contributed by atoms with Crippen molar-refractivity contribution in [2.24, 2.45) is 0 Å². The lowest BCUT2D eigenvalue weighted by Crippen LogP contribution is -2.01. The Morgan fingerprint density at radius 3 is 3.17 bits per heavy atom. The maximum Gasteiger partial charge on any atom is 0.332 e. The molecule has 2 heterocycles. The molecule has 0 aromatic carbocycles. The number of thioether (sulfide) groups is 1. The summed E-state index contributed by atoms with van der Waals surface area (Å²) in [6.45, 7) is 0. The molecule has 1 aliphatic rings. The van der Waals surface area contributed by atoms with Crippen molar-refractivity contribution >= 4 is 29.1 Å². The van der Waals surface area contributed by atoms with Gasteiger partial charge in [-0.05, 0) is 17.8 Å². The molecule has 0 aliphatic carbocycles. The van der Waals surface area contributed by atoms with E-state index >= 15 is 0 Å². The van der Waals surface area contributed by atoms with Crippen LogP contribution in [0, 0.1) is 0 Å². The van der Waals surface area contributed by atoms with Crippen LogP contribution >= 0.6 is 23.1 Å². The molecule has 12 heavy (non-hydrogen) atoms. The van der Waals surface area contributed by atoms with E-state index in [0.717, 1.165) is 4.34 Å². The van der Waals surface area contributed by atoms with Crippen LogP contribution in [0.25, 0.3) is 0 Å².